The number of likely N-dealkylation sites (tertiary alicyclic amines) is 1. The van der Waals surface area contributed by atoms with E-state index in [0.29, 0.717) is 22.6 Å². The number of nitrogens with one attached hydrogen (secondary N) is 2. The predicted octanol–water partition coefficient (Wildman–Crippen LogP) is 3.51. The molecule has 0 aliphatic carbocycles. The second-order valence-corrected chi connectivity index (χ2v) is 8.44. The Labute approximate surface area is 187 Å². The summed E-state index contributed by atoms with van der Waals surface area (Å²) in [7, 11) is 0. The van der Waals surface area contributed by atoms with Crippen LogP contribution in [-0.2, 0) is 4.79 Å². The lowest BCUT2D eigenvalue weighted by molar-refractivity contribution is -0.110. The van der Waals surface area contributed by atoms with Gasteiger partial charge in [0.05, 0.1) is 11.3 Å². The zero-order valence-electron chi connectivity index (χ0n) is 18.4. The largest absolute Gasteiger partial charge is 0.454 e. The summed E-state index contributed by atoms with van der Waals surface area (Å²) in [5.74, 6) is 1.16. The molecule has 3 heterocycles. The topological polar surface area (TPSA) is 79.9 Å². The number of Topliss-reactive ketones (excluding diaryl/α,β-unsaturated/α-hetero) is 1. The average molecular weight is 434 g/mol. The van der Waals surface area contributed by atoms with Gasteiger partial charge in [0.2, 0.25) is 6.79 Å². The second kappa shape index (κ2) is 8.31. The number of fused-ring (bicyclic) bond motifs is 2. The van der Waals surface area contributed by atoms with Gasteiger partial charge in [-0.1, -0.05) is 6.92 Å². The van der Waals surface area contributed by atoms with Crippen molar-refractivity contribution in [3.8, 4) is 11.5 Å². The molecule has 0 unspecified atom stereocenters. The molecule has 5 rings (SSSR count). The molecule has 0 spiro atoms. The highest BCUT2D eigenvalue weighted by atomic mass is 16.7. The second-order valence-electron chi connectivity index (χ2n) is 8.44. The number of ether oxygens (including phenoxy) is 2. The van der Waals surface area contributed by atoms with Crippen LogP contribution < -0.4 is 20.1 Å². The highest BCUT2D eigenvalue weighted by molar-refractivity contribution is 6.36. The summed E-state index contributed by atoms with van der Waals surface area (Å²) < 4.78 is 11.1. The Balaban J connectivity index is 1.60. The molecule has 0 atom stereocenters. The molecule has 2 aromatic rings. The third-order valence-corrected chi connectivity index (χ3v) is 6.47. The van der Waals surface area contributed by atoms with Crippen LogP contribution in [0, 0.1) is 0 Å². The summed E-state index contributed by atoms with van der Waals surface area (Å²) >= 11 is 0. The van der Waals surface area contributed by atoms with Crippen molar-refractivity contribution in [2.75, 3.05) is 31.7 Å². The standard InChI is InChI=1S/C25H27N3O4/c1-3-28-10-8-18(9-11-28)26-24(17-5-7-21-22(13-17)32-14-31-21)23-19-12-16(15(2)29)4-6-20(19)27-25(23)30/h4-7,12-13,18,26H,3,8-11,14H2,1-2H3,(H,27,30)/b24-23-. The SMILES string of the molecule is CCN1CCC(N/C(=C2\C(=O)Nc3ccc(C(C)=O)cc32)c2ccc3c(c2)OCO3)CC1. The molecule has 2 aromatic carbocycles. The van der Waals surface area contributed by atoms with Crippen molar-refractivity contribution < 1.29 is 19.1 Å². The Hall–Kier alpha value is -3.32. The molecule has 1 amide bonds. The van der Waals surface area contributed by atoms with Crippen LogP contribution in [0.25, 0.3) is 11.3 Å². The number of nitrogens with zero attached hydrogens (tertiary/aromatic N) is 1. The maximum atomic E-state index is 13.1. The quantitative estimate of drug-likeness (QED) is 0.555. The minimum Gasteiger partial charge on any atom is -0.454 e. The number of ketones is 1. The third-order valence-electron chi connectivity index (χ3n) is 6.47. The fraction of sp³-hybridized carbons (Fsp3) is 0.360. The van der Waals surface area contributed by atoms with E-state index in [9.17, 15) is 9.59 Å². The van der Waals surface area contributed by atoms with Crippen LogP contribution in [0.3, 0.4) is 0 Å². The van der Waals surface area contributed by atoms with E-state index in [2.05, 4.69) is 22.5 Å². The lowest BCUT2D eigenvalue weighted by Gasteiger charge is -2.33. The fourth-order valence-corrected chi connectivity index (χ4v) is 4.58. The van der Waals surface area contributed by atoms with E-state index in [0.717, 1.165) is 55.0 Å². The molecule has 7 heteroatoms. The van der Waals surface area contributed by atoms with E-state index in [4.69, 9.17) is 9.47 Å². The van der Waals surface area contributed by atoms with Gasteiger partial charge in [-0.15, -0.1) is 0 Å². The number of rotatable bonds is 5. The highest BCUT2D eigenvalue weighted by Gasteiger charge is 2.31. The number of hydrogen-bond acceptors (Lipinski definition) is 6. The molecule has 0 radical (unpaired) electrons. The molecule has 2 N–H and O–H groups in total. The first kappa shape index (κ1) is 20.6. The van der Waals surface area contributed by atoms with Gasteiger partial charge in [0, 0.05) is 41.5 Å². The highest BCUT2D eigenvalue weighted by Crippen LogP contribution is 2.40. The minimum absolute atomic E-state index is 0.0315. The number of piperidine rings is 1. The van der Waals surface area contributed by atoms with Crippen molar-refractivity contribution in [1.29, 1.82) is 0 Å². The van der Waals surface area contributed by atoms with Gasteiger partial charge in [0.15, 0.2) is 17.3 Å². The van der Waals surface area contributed by atoms with E-state index in [1.54, 1.807) is 18.2 Å². The zero-order valence-corrected chi connectivity index (χ0v) is 18.4. The lowest BCUT2D eigenvalue weighted by Crippen LogP contribution is -2.42. The minimum atomic E-state index is -0.174. The van der Waals surface area contributed by atoms with Gasteiger partial charge < -0.3 is 25.0 Å². The van der Waals surface area contributed by atoms with E-state index in [1.165, 1.54) is 6.92 Å². The van der Waals surface area contributed by atoms with Gasteiger partial charge in [-0.25, -0.2) is 0 Å². The first-order chi connectivity index (χ1) is 15.5. The number of hydrogen-bond donors (Lipinski definition) is 2. The zero-order chi connectivity index (χ0) is 22.2. The Morgan fingerprint density at radius 2 is 1.84 bits per heavy atom. The van der Waals surface area contributed by atoms with Crippen molar-refractivity contribution in [2.24, 2.45) is 0 Å². The van der Waals surface area contributed by atoms with Crippen LogP contribution in [0.15, 0.2) is 36.4 Å². The Morgan fingerprint density at radius 3 is 2.59 bits per heavy atom. The summed E-state index contributed by atoms with van der Waals surface area (Å²) in [6.07, 6.45) is 1.99. The molecule has 0 aromatic heterocycles. The summed E-state index contributed by atoms with van der Waals surface area (Å²) in [5, 5.41) is 6.64. The first-order valence-corrected chi connectivity index (χ1v) is 11.1. The van der Waals surface area contributed by atoms with Gasteiger partial charge in [0.25, 0.3) is 5.91 Å². The maximum absolute atomic E-state index is 13.1. The molecule has 166 valence electrons. The summed E-state index contributed by atoms with van der Waals surface area (Å²) in [6.45, 7) is 7.00. The lowest BCUT2D eigenvalue weighted by atomic mass is 9.96. The van der Waals surface area contributed by atoms with Gasteiger partial charge in [-0.2, -0.15) is 0 Å². The van der Waals surface area contributed by atoms with Gasteiger partial charge in [-0.3, -0.25) is 9.59 Å². The number of anilines is 1. The van der Waals surface area contributed by atoms with Crippen LogP contribution in [0.1, 0.15) is 48.2 Å². The van der Waals surface area contributed by atoms with E-state index in [1.807, 2.05) is 18.2 Å². The van der Waals surface area contributed by atoms with Gasteiger partial charge in [-0.05, 0) is 62.7 Å². The van der Waals surface area contributed by atoms with Crippen LogP contribution >= 0.6 is 0 Å². The number of carbonyl (C=O) groups is 2. The van der Waals surface area contributed by atoms with Crippen molar-refractivity contribution in [2.45, 2.75) is 32.7 Å². The van der Waals surface area contributed by atoms with Gasteiger partial charge >= 0.3 is 0 Å². The molecule has 1 saturated heterocycles. The van der Waals surface area contributed by atoms with Crippen molar-refractivity contribution in [1.82, 2.24) is 10.2 Å². The third kappa shape index (κ3) is 3.73. The Morgan fingerprint density at radius 1 is 1.09 bits per heavy atom. The van der Waals surface area contributed by atoms with Crippen LogP contribution in [0.4, 0.5) is 5.69 Å². The van der Waals surface area contributed by atoms with Crippen molar-refractivity contribution in [3.05, 3.63) is 53.1 Å². The summed E-state index contributed by atoms with van der Waals surface area (Å²) in [5.41, 5.74) is 4.22. The average Bonchev–Trinajstić information content (AvgIpc) is 3.40. The molecule has 0 saturated carbocycles. The van der Waals surface area contributed by atoms with Crippen LogP contribution in [0.5, 0.6) is 11.5 Å². The smallest absolute Gasteiger partial charge is 0.258 e. The van der Waals surface area contributed by atoms with Crippen molar-refractivity contribution in [3.63, 3.8) is 0 Å². The monoisotopic (exact) mass is 433 g/mol. The molecular formula is C25H27N3O4. The Bertz CT molecular complexity index is 1120. The molecule has 0 bridgehead atoms. The predicted molar refractivity (Wildman–Crippen MR) is 123 cm³/mol. The Kier molecular flexibility index (Phi) is 5.35. The van der Waals surface area contributed by atoms with Gasteiger partial charge in [0.1, 0.15) is 0 Å². The maximum Gasteiger partial charge on any atom is 0.258 e. The molecule has 1 fully saturated rings. The normalized spacial score (nSPS) is 19.5. The molecular weight excluding hydrogens is 406 g/mol. The number of amides is 1. The molecule has 32 heavy (non-hydrogen) atoms. The molecule has 7 nitrogen and oxygen atoms in total. The van der Waals surface area contributed by atoms with E-state index < -0.39 is 0 Å². The summed E-state index contributed by atoms with van der Waals surface area (Å²) in [4.78, 5) is 27.6. The van der Waals surface area contributed by atoms with Crippen LogP contribution in [-0.4, -0.2) is 49.1 Å². The van der Waals surface area contributed by atoms with E-state index >= 15 is 0 Å². The van der Waals surface area contributed by atoms with Crippen LogP contribution in [0.2, 0.25) is 0 Å². The molecule has 3 aliphatic heterocycles. The fourth-order valence-electron chi connectivity index (χ4n) is 4.58. The number of benzene rings is 2. The van der Waals surface area contributed by atoms with Crippen molar-refractivity contribution >= 4 is 28.6 Å². The van der Waals surface area contributed by atoms with E-state index in [-0.39, 0.29) is 24.5 Å². The number of carbonyl (C=O) groups excluding carboxylic acids is 2. The molecule has 3 aliphatic rings. The first-order valence-electron chi connectivity index (χ1n) is 11.1. The summed E-state index contributed by atoms with van der Waals surface area (Å²) in [6, 6.07) is 11.3.